The van der Waals surface area contributed by atoms with Crippen molar-refractivity contribution in [2.75, 3.05) is 6.61 Å². The first-order valence-electron chi connectivity index (χ1n) is 12.2. The van der Waals surface area contributed by atoms with E-state index in [4.69, 9.17) is 14.5 Å². The van der Waals surface area contributed by atoms with Gasteiger partial charge in [-0.25, -0.2) is 9.78 Å². The van der Waals surface area contributed by atoms with Crippen molar-refractivity contribution >= 4 is 28.8 Å². The van der Waals surface area contributed by atoms with Crippen molar-refractivity contribution in [2.24, 2.45) is 5.10 Å². The van der Waals surface area contributed by atoms with Crippen molar-refractivity contribution in [1.29, 1.82) is 0 Å². The summed E-state index contributed by atoms with van der Waals surface area (Å²) in [5.74, 6) is -0.922. The number of fused-ring (bicyclic) bond motifs is 1. The lowest BCUT2D eigenvalue weighted by atomic mass is 9.88. The average Bonchev–Trinajstić information content (AvgIpc) is 2.89. The Morgan fingerprint density at radius 2 is 2.03 bits per heavy atom. The molecule has 1 aliphatic rings. The molecule has 11 nitrogen and oxygen atoms in total. The number of benzene rings is 2. The summed E-state index contributed by atoms with van der Waals surface area (Å²) in [6.45, 7) is 3.12. The van der Waals surface area contributed by atoms with Gasteiger partial charge in [-0.05, 0) is 44.9 Å². The minimum atomic E-state index is -1.34. The highest BCUT2D eigenvalue weighted by molar-refractivity contribution is 5.84. The molecule has 1 fully saturated rings. The monoisotopic (exact) mass is 508 g/mol. The van der Waals surface area contributed by atoms with Crippen LogP contribution in [-0.4, -0.2) is 44.6 Å². The van der Waals surface area contributed by atoms with Crippen LogP contribution in [0, 0.1) is 10.1 Å². The van der Waals surface area contributed by atoms with Gasteiger partial charge in [0.05, 0.1) is 28.6 Å². The minimum absolute atomic E-state index is 0.00253. The van der Waals surface area contributed by atoms with E-state index in [1.165, 1.54) is 29.9 Å². The number of carboxylic acids is 1. The van der Waals surface area contributed by atoms with E-state index in [2.05, 4.69) is 5.10 Å². The van der Waals surface area contributed by atoms with E-state index in [-0.39, 0.29) is 35.1 Å². The molecule has 1 N–H and O–H groups in total. The molecule has 0 unspecified atom stereocenters. The molecular weight excluding hydrogens is 480 g/mol. The summed E-state index contributed by atoms with van der Waals surface area (Å²) in [6, 6.07) is 9.74. The van der Waals surface area contributed by atoms with E-state index in [1.807, 2.05) is 6.07 Å². The first kappa shape index (κ1) is 25.8. The number of carboxylic acid groups (broad SMARTS) is 1. The van der Waals surface area contributed by atoms with Gasteiger partial charge in [-0.2, -0.15) is 9.78 Å². The molecule has 2 aromatic carbocycles. The van der Waals surface area contributed by atoms with E-state index < -0.39 is 22.7 Å². The summed E-state index contributed by atoms with van der Waals surface area (Å²) in [5, 5.41) is 25.9. The van der Waals surface area contributed by atoms with Crippen molar-refractivity contribution < 1.29 is 24.3 Å². The Bertz CT molecular complexity index is 1410. The third-order valence-corrected chi connectivity index (χ3v) is 6.27. The zero-order chi connectivity index (χ0) is 26.5. The normalized spacial score (nSPS) is 15.1. The molecule has 1 saturated carbocycles. The van der Waals surface area contributed by atoms with Gasteiger partial charge in [-0.3, -0.25) is 14.9 Å². The summed E-state index contributed by atoms with van der Waals surface area (Å²) < 4.78 is 12.2. The second kappa shape index (κ2) is 11.2. The standard InChI is InChI=1S/C26H28N4O7/c1-3-36-22-14-17(13-21(30(34)35)23(22)37-16(2)26(32)33)15-27-29-24(18-9-5-4-6-10-18)28-20-12-8-7-11-19(20)25(29)31/h7-8,11-16,18H,3-6,9-10H2,1-2H3,(H,32,33)/t16-/m1/s1. The first-order valence-corrected chi connectivity index (χ1v) is 12.2. The molecule has 37 heavy (non-hydrogen) atoms. The number of rotatable bonds is 9. The van der Waals surface area contributed by atoms with Gasteiger partial charge >= 0.3 is 11.7 Å². The van der Waals surface area contributed by atoms with Crippen LogP contribution in [0.1, 0.15) is 63.3 Å². The van der Waals surface area contributed by atoms with Gasteiger partial charge in [-0.15, -0.1) is 0 Å². The van der Waals surface area contributed by atoms with Crippen LogP contribution in [0.3, 0.4) is 0 Å². The van der Waals surface area contributed by atoms with Crippen LogP contribution in [0.2, 0.25) is 0 Å². The molecule has 4 rings (SSSR count). The van der Waals surface area contributed by atoms with Crippen LogP contribution in [0.4, 0.5) is 5.69 Å². The molecule has 3 aromatic rings. The van der Waals surface area contributed by atoms with Gasteiger partial charge in [0.25, 0.3) is 5.56 Å². The zero-order valence-electron chi connectivity index (χ0n) is 20.6. The second-order valence-corrected chi connectivity index (χ2v) is 8.84. The lowest BCUT2D eigenvalue weighted by Gasteiger charge is -2.22. The quantitative estimate of drug-likeness (QED) is 0.253. The highest BCUT2D eigenvalue weighted by Gasteiger charge is 2.27. The fourth-order valence-corrected chi connectivity index (χ4v) is 4.43. The van der Waals surface area contributed by atoms with E-state index >= 15 is 0 Å². The maximum absolute atomic E-state index is 13.4. The van der Waals surface area contributed by atoms with Crippen LogP contribution in [0.5, 0.6) is 11.5 Å². The Hall–Kier alpha value is -4.28. The van der Waals surface area contributed by atoms with E-state index in [9.17, 15) is 24.8 Å². The molecule has 0 bridgehead atoms. The number of carbonyl (C=O) groups is 1. The molecule has 11 heteroatoms. The van der Waals surface area contributed by atoms with Crippen molar-refractivity contribution in [3.63, 3.8) is 0 Å². The topological polar surface area (TPSA) is 146 Å². The van der Waals surface area contributed by atoms with E-state index in [0.29, 0.717) is 16.7 Å². The second-order valence-electron chi connectivity index (χ2n) is 8.84. The summed E-state index contributed by atoms with van der Waals surface area (Å²) in [7, 11) is 0. The van der Waals surface area contributed by atoms with Crippen molar-refractivity contribution in [1.82, 2.24) is 9.66 Å². The molecular formula is C26H28N4O7. The summed E-state index contributed by atoms with van der Waals surface area (Å²) in [6.07, 6.45) is 5.01. The van der Waals surface area contributed by atoms with Gasteiger partial charge < -0.3 is 14.6 Å². The smallest absolute Gasteiger partial charge is 0.344 e. The van der Waals surface area contributed by atoms with Crippen molar-refractivity contribution in [3.05, 3.63) is 68.3 Å². The number of para-hydroxylation sites is 1. The number of nitro groups is 1. The third kappa shape index (κ3) is 5.60. The average molecular weight is 509 g/mol. The lowest BCUT2D eigenvalue weighted by Crippen LogP contribution is -2.25. The molecule has 0 saturated heterocycles. The molecule has 1 heterocycles. The van der Waals surface area contributed by atoms with Crippen LogP contribution < -0.4 is 15.0 Å². The van der Waals surface area contributed by atoms with Gasteiger partial charge in [0.15, 0.2) is 11.9 Å². The molecule has 1 aliphatic carbocycles. The largest absolute Gasteiger partial charge is 0.490 e. The highest BCUT2D eigenvalue weighted by Crippen LogP contribution is 2.39. The van der Waals surface area contributed by atoms with Crippen LogP contribution in [-0.2, 0) is 4.79 Å². The van der Waals surface area contributed by atoms with E-state index in [0.717, 1.165) is 32.1 Å². The third-order valence-electron chi connectivity index (χ3n) is 6.27. The predicted molar refractivity (Wildman–Crippen MR) is 137 cm³/mol. The molecule has 0 amide bonds. The Morgan fingerprint density at radius 1 is 1.30 bits per heavy atom. The van der Waals surface area contributed by atoms with Gasteiger partial charge in [-0.1, -0.05) is 31.4 Å². The molecule has 0 radical (unpaired) electrons. The van der Waals surface area contributed by atoms with E-state index in [1.54, 1.807) is 25.1 Å². The lowest BCUT2D eigenvalue weighted by molar-refractivity contribution is -0.386. The number of nitrogens with zero attached hydrogens (tertiary/aromatic N) is 4. The van der Waals surface area contributed by atoms with Crippen LogP contribution in [0.15, 0.2) is 46.3 Å². The Labute approximate surface area is 212 Å². The Kier molecular flexibility index (Phi) is 7.80. The molecule has 0 spiro atoms. The number of aromatic nitrogens is 2. The number of hydrogen-bond acceptors (Lipinski definition) is 8. The number of aliphatic carboxylic acids is 1. The number of hydrogen-bond donors (Lipinski definition) is 1. The van der Waals surface area contributed by atoms with Gasteiger partial charge in [0, 0.05) is 17.5 Å². The van der Waals surface area contributed by atoms with Crippen LogP contribution >= 0.6 is 0 Å². The SMILES string of the molecule is CCOc1cc(C=Nn2c(C3CCCCC3)nc3ccccc3c2=O)cc([N+](=O)[O-])c1O[C@H](C)C(=O)O. The molecule has 194 valence electrons. The summed E-state index contributed by atoms with van der Waals surface area (Å²) >= 11 is 0. The minimum Gasteiger partial charge on any atom is -0.490 e. The van der Waals surface area contributed by atoms with Crippen LogP contribution in [0.25, 0.3) is 10.9 Å². The maximum Gasteiger partial charge on any atom is 0.344 e. The number of ether oxygens (including phenoxy) is 2. The Balaban J connectivity index is 1.82. The Morgan fingerprint density at radius 3 is 2.70 bits per heavy atom. The van der Waals surface area contributed by atoms with Gasteiger partial charge in [0.2, 0.25) is 5.75 Å². The fourth-order valence-electron chi connectivity index (χ4n) is 4.43. The first-order chi connectivity index (χ1) is 17.8. The van der Waals surface area contributed by atoms with Crippen molar-refractivity contribution in [3.8, 4) is 11.5 Å². The molecule has 1 atom stereocenters. The summed E-state index contributed by atoms with van der Waals surface area (Å²) in [4.78, 5) is 40.6. The number of nitro benzene ring substituents is 1. The van der Waals surface area contributed by atoms with Crippen molar-refractivity contribution in [2.45, 2.75) is 58.0 Å². The highest BCUT2D eigenvalue weighted by atomic mass is 16.6. The molecule has 1 aromatic heterocycles. The maximum atomic E-state index is 13.4. The molecule has 0 aliphatic heterocycles. The van der Waals surface area contributed by atoms with Gasteiger partial charge in [0.1, 0.15) is 5.82 Å². The zero-order valence-corrected chi connectivity index (χ0v) is 20.6. The predicted octanol–water partition coefficient (Wildman–Crippen LogP) is 4.49. The fraction of sp³-hybridized carbons (Fsp3) is 0.385. The summed E-state index contributed by atoms with van der Waals surface area (Å²) in [5.41, 5.74) is 0.0807.